The number of piperidine rings is 1. The van der Waals surface area contributed by atoms with Gasteiger partial charge >= 0.3 is 0 Å². The molecule has 4 nitrogen and oxygen atoms in total. The van der Waals surface area contributed by atoms with E-state index >= 15 is 0 Å². The molecule has 2 heterocycles. The lowest BCUT2D eigenvalue weighted by Crippen LogP contribution is -2.54. The normalized spacial score (nSPS) is 22.8. The molecule has 1 aromatic carbocycles. The third kappa shape index (κ3) is 3.93. The van der Waals surface area contributed by atoms with Crippen molar-refractivity contribution in [3.63, 3.8) is 0 Å². The molecule has 2 amide bonds. The smallest absolute Gasteiger partial charge is 0.246 e. The van der Waals surface area contributed by atoms with Crippen LogP contribution in [0.2, 0.25) is 0 Å². The van der Waals surface area contributed by atoms with Gasteiger partial charge in [0.1, 0.15) is 0 Å². The van der Waals surface area contributed by atoms with Crippen molar-refractivity contribution in [2.45, 2.75) is 43.4 Å². The number of nitrogens with zero attached hydrogens (tertiary/aromatic N) is 2. The maximum absolute atomic E-state index is 13.0. The van der Waals surface area contributed by atoms with Crippen molar-refractivity contribution in [3.8, 4) is 0 Å². The Morgan fingerprint density at radius 3 is 2.44 bits per heavy atom. The molecule has 0 unspecified atom stereocenters. The second-order valence-corrected chi connectivity index (χ2v) is 9.29. The van der Waals surface area contributed by atoms with E-state index in [0.717, 1.165) is 56.6 Å². The number of carbonyl (C=O) groups is 2. The summed E-state index contributed by atoms with van der Waals surface area (Å²) in [5.74, 6) is 1.72. The van der Waals surface area contributed by atoms with E-state index < -0.39 is 0 Å². The van der Waals surface area contributed by atoms with Gasteiger partial charge in [-0.3, -0.25) is 9.59 Å². The standard InChI is InChI=1S/C22H28N2O2S/c25-20(11-10-18-6-2-1-3-7-18)23-14-12-22(13-15-23)24(16-17-27-22)21(26)19-8-4-5-9-19/h1-3,6-7,10-11,19H,4-5,8-9,12-17H2/b11-10+. The van der Waals surface area contributed by atoms with Crippen molar-refractivity contribution in [1.29, 1.82) is 0 Å². The number of likely N-dealkylation sites (tertiary alicyclic amines) is 1. The Morgan fingerprint density at radius 2 is 1.74 bits per heavy atom. The number of benzene rings is 1. The lowest BCUT2D eigenvalue weighted by atomic mass is 9.98. The number of thioether (sulfide) groups is 1. The van der Waals surface area contributed by atoms with Crippen LogP contribution in [0.25, 0.3) is 6.08 Å². The van der Waals surface area contributed by atoms with E-state index in [1.165, 1.54) is 12.8 Å². The van der Waals surface area contributed by atoms with Gasteiger partial charge < -0.3 is 9.80 Å². The number of carbonyl (C=O) groups excluding carboxylic acids is 2. The highest BCUT2D eigenvalue weighted by atomic mass is 32.2. The second kappa shape index (κ2) is 8.09. The summed E-state index contributed by atoms with van der Waals surface area (Å²) >= 11 is 1.93. The molecule has 0 radical (unpaired) electrons. The van der Waals surface area contributed by atoms with Gasteiger partial charge in [0.25, 0.3) is 0 Å². The Morgan fingerprint density at radius 1 is 1.04 bits per heavy atom. The fraction of sp³-hybridized carbons (Fsp3) is 0.545. The molecule has 144 valence electrons. The van der Waals surface area contributed by atoms with Crippen LogP contribution in [0, 0.1) is 5.92 Å². The summed E-state index contributed by atoms with van der Waals surface area (Å²) in [6.07, 6.45) is 9.85. The van der Waals surface area contributed by atoms with Gasteiger partial charge in [-0.15, -0.1) is 11.8 Å². The van der Waals surface area contributed by atoms with Crippen molar-refractivity contribution >= 4 is 29.7 Å². The van der Waals surface area contributed by atoms with Crippen LogP contribution < -0.4 is 0 Å². The average Bonchev–Trinajstić information content (AvgIpc) is 3.38. The van der Waals surface area contributed by atoms with Crippen LogP contribution in [0.5, 0.6) is 0 Å². The van der Waals surface area contributed by atoms with Gasteiger partial charge in [0.15, 0.2) is 0 Å². The lowest BCUT2D eigenvalue weighted by molar-refractivity contribution is -0.139. The number of hydrogen-bond donors (Lipinski definition) is 0. The molecule has 0 aromatic heterocycles. The van der Waals surface area contributed by atoms with Crippen molar-refractivity contribution in [2.75, 3.05) is 25.4 Å². The Balaban J connectivity index is 1.36. The second-order valence-electron chi connectivity index (χ2n) is 7.84. The monoisotopic (exact) mass is 384 g/mol. The van der Waals surface area contributed by atoms with Crippen LogP contribution in [-0.2, 0) is 9.59 Å². The molecule has 0 atom stereocenters. The zero-order valence-electron chi connectivity index (χ0n) is 15.8. The largest absolute Gasteiger partial charge is 0.339 e. The summed E-state index contributed by atoms with van der Waals surface area (Å²) in [6, 6.07) is 9.92. The van der Waals surface area contributed by atoms with Crippen LogP contribution in [0.15, 0.2) is 36.4 Å². The van der Waals surface area contributed by atoms with Crippen LogP contribution in [0.4, 0.5) is 0 Å². The molecular formula is C22H28N2O2S. The molecular weight excluding hydrogens is 356 g/mol. The third-order valence-corrected chi connectivity index (χ3v) is 7.77. The first-order valence-electron chi connectivity index (χ1n) is 10.2. The first-order chi connectivity index (χ1) is 13.2. The number of hydrogen-bond acceptors (Lipinski definition) is 3. The van der Waals surface area contributed by atoms with Gasteiger partial charge in [0.05, 0.1) is 4.87 Å². The van der Waals surface area contributed by atoms with Gasteiger partial charge in [0, 0.05) is 37.4 Å². The van der Waals surface area contributed by atoms with E-state index in [0.29, 0.717) is 5.91 Å². The fourth-order valence-electron chi connectivity index (χ4n) is 4.64. The van der Waals surface area contributed by atoms with Crippen LogP contribution in [0.1, 0.15) is 44.1 Å². The molecule has 2 saturated heterocycles. The van der Waals surface area contributed by atoms with Crippen molar-refractivity contribution < 1.29 is 9.59 Å². The van der Waals surface area contributed by atoms with Gasteiger partial charge in [0.2, 0.25) is 11.8 Å². The van der Waals surface area contributed by atoms with Crippen LogP contribution in [-0.4, -0.2) is 51.9 Å². The quantitative estimate of drug-likeness (QED) is 0.745. The van der Waals surface area contributed by atoms with E-state index in [-0.39, 0.29) is 16.7 Å². The highest BCUT2D eigenvalue weighted by molar-refractivity contribution is 8.00. The summed E-state index contributed by atoms with van der Waals surface area (Å²) in [6.45, 7) is 2.35. The van der Waals surface area contributed by atoms with Gasteiger partial charge in [-0.2, -0.15) is 0 Å². The molecule has 27 heavy (non-hydrogen) atoms. The number of rotatable bonds is 3. The Bertz CT molecular complexity index is 704. The molecule has 1 saturated carbocycles. The number of amides is 2. The van der Waals surface area contributed by atoms with E-state index in [4.69, 9.17) is 0 Å². The predicted molar refractivity (Wildman–Crippen MR) is 110 cm³/mol. The summed E-state index contributed by atoms with van der Waals surface area (Å²) in [7, 11) is 0. The topological polar surface area (TPSA) is 40.6 Å². The average molecular weight is 385 g/mol. The summed E-state index contributed by atoms with van der Waals surface area (Å²) in [5, 5.41) is 0. The summed E-state index contributed by atoms with van der Waals surface area (Å²) < 4.78 is 0. The minimum atomic E-state index is -0.0698. The first kappa shape index (κ1) is 18.6. The molecule has 1 aliphatic carbocycles. The van der Waals surface area contributed by atoms with E-state index in [2.05, 4.69) is 4.90 Å². The summed E-state index contributed by atoms with van der Waals surface area (Å²) in [5.41, 5.74) is 1.04. The van der Waals surface area contributed by atoms with E-state index in [1.54, 1.807) is 6.08 Å². The maximum Gasteiger partial charge on any atom is 0.246 e. The van der Waals surface area contributed by atoms with E-state index in [9.17, 15) is 9.59 Å². The molecule has 0 bridgehead atoms. The third-order valence-electron chi connectivity index (χ3n) is 6.22. The Kier molecular flexibility index (Phi) is 5.58. The molecule has 4 rings (SSSR count). The highest BCUT2D eigenvalue weighted by Crippen LogP contribution is 2.45. The molecule has 0 N–H and O–H groups in total. The molecule has 3 aliphatic rings. The van der Waals surface area contributed by atoms with Gasteiger partial charge in [-0.1, -0.05) is 43.2 Å². The van der Waals surface area contributed by atoms with Crippen molar-refractivity contribution in [3.05, 3.63) is 42.0 Å². The van der Waals surface area contributed by atoms with Crippen LogP contribution in [0.3, 0.4) is 0 Å². The minimum absolute atomic E-state index is 0.0698. The molecule has 1 spiro atoms. The SMILES string of the molecule is O=C(/C=C/c1ccccc1)N1CCC2(CC1)SCCN2C(=O)C1CCCC1. The molecule has 5 heteroatoms. The van der Waals surface area contributed by atoms with Crippen LogP contribution >= 0.6 is 11.8 Å². The van der Waals surface area contributed by atoms with Crippen molar-refractivity contribution in [1.82, 2.24) is 9.80 Å². The fourth-order valence-corrected chi connectivity index (χ4v) is 6.10. The predicted octanol–water partition coefficient (Wildman–Crippen LogP) is 3.78. The maximum atomic E-state index is 13.0. The minimum Gasteiger partial charge on any atom is -0.339 e. The molecule has 2 aliphatic heterocycles. The zero-order valence-corrected chi connectivity index (χ0v) is 16.6. The summed E-state index contributed by atoms with van der Waals surface area (Å²) in [4.78, 5) is 29.6. The molecule has 3 fully saturated rings. The van der Waals surface area contributed by atoms with E-state index in [1.807, 2.05) is 53.1 Å². The molecule has 1 aromatic rings. The van der Waals surface area contributed by atoms with Gasteiger partial charge in [-0.25, -0.2) is 0 Å². The Labute approximate surface area is 166 Å². The first-order valence-corrected chi connectivity index (χ1v) is 11.1. The lowest BCUT2D eigenvalue weighted by Gasteiger charge is -2.44. The highest BCUT2D eigenvalue weighted by Gasteiger charge is 2.48. The Hall–Kier alpha value is -1.75. The van der Waals surface area contributed by atoms with Gasteiger partial charge in [-0.05, 0) is 37.3 Å². The van der Waals surface area contributed by atoms with Crippen molar-refractivity contribution in [2.24, 2.45) is 5.92 Å². The zero-order chi connectivity index (χ0) is 18.7.